The molecule has 0 spiro atoms. The van der Waals surface area contributed by atoms with E-state index in [1.54, 1.807) is 6.07 Å². The number of carbonyl (C=O) groups excluding carboxylic acids is 1. The van der Waals surface area contributed by atoms with Crippen molar-refractivity contribution in [3.05, 3.63) is 53.6 Å². The smallest absolute Gasteiger partial charge is 0.243 e. The molecule has 6 nitrogen and oxygen atoms in total. The van der Waals surface area contributed by atoms with E-state index >= 15 is 0 Å². The van der Waals surface area contributed by atoms with Gasteiger partial charge in [0.1, 0.15) is 5.75 Å². The summed E-state index contributed by atoms with van der Waals surface area (Å²) in [6.07, 6.45) is 8.99. The Morgan fingerprint density at radius 2 is 1.67 bits per heavy atom. The van der Waals surface area contributed by atoms with Crippen molar-refractivity contribution >= 4 is 21.6 Å². The van der Waals surface area contributed by atoms with Crippen LogP contribution in [0.1, 0.15) is 56.1 Å². The van der Waals surface area contributed by atoms with Crippen molar-refractivity contribution in [2.24, 2.45) is 5.92 Å². The second kappa shape index (κ2) is 9.47. The number of amides is 1. The minimum absolute atomic E-state index is 0.0532. The Morgan fingerprint density at radius 3 is 2.45 bits per heavy atom. The third-order valence-corrected chi connectivity index (χ3v) is 9.13. The quantitative estimate of drug-likeness (QED) is 0.676. The highest BCUT2D eigenvalue weighted by molar-refractivity contribution is 7.89. The summed E-state index contributed by atoms with van der Waals surface area (Å²) in [6, 6.07) is 13.1. The fraction of sp³-hybridized carbons (Fsp3) is 0.500. The number of rotatable bonds is 6. The van der Waals surface area contributed by atoms with Crippen molar-refractivity contribution in [3.8, 4) is 5.75 Å². The molecule has 2 aromatic rings. The molecule has 33 heavy (non-hydrogen) atoms. The lowest BCUT2D eigenvalue weighted by molar-refractivity contribution is -0.120. The number of hydrogen-bond donors (Lipinski definition) is 1. The molecule has 0 atom stereocenters. The zero-order chi connectivity index (χ0) is 22.8. The summed E-state index contributed by atoms with van der Waals surface area (Å²) in [5.41, 5.74) is 3.15. The SMILES string of the molecule is O=C(Nc1cccc(OC2CCCC2)c1)C1CCN(S(=O)(=O)c2ccc3c(c2)CCC3)CC1. The average molecular weight is 469 g/mol. The second-order valence-corrected chi connectivity index (χ2v) is 11.4. The van der Waals surface area contributed by atoms with Crippen LogP contribution in [-0.2, 0) is 27.7 Å². The van der Waals surface area contributed by atoms with Crippen molar-refractivity contribution in [3.63, 3.8) is 0 Å². The number of nitrogens with one attached hydrogen (secondary N) is 1. The van der Waals surface area contributed by atoms with Gasteiger partial charge in [-0.3, -0.25) is 4.79 Å². The molecule has 2 aliphatic carbocycles. The molecule has 7 heteroatoms. The Hall–Kier alpha value is -2.38. The molecule has 0 aromatic heterocycles. The zero-order valence-corrected chi connectivity index (χ0v) is 19.8. The predicted octanol–water partition coefficient (Wildman–Crippen LogP) is 4.54. The van der Waals surface area contributed by atoms with Crippen LogP contribution in [0.15, 0.2) is 47.4 Å². The van der Waals surface area contributed by atoms with E-state index in [0.29, 0.717) is 30.8 Å². The number of fused-ring (bicyclic) bond motifs is 1. The first-order chi connectivity index (χ1) is 16.0. The molecule has 1 amide bonds. The lowest BCUT2D eigenvalue weighted by Crippen LogP contribution is -2.41. The van der Waals surface area contributed by atoms with Crippen LogP contribution in [0, 0.1) is 5.92 Å². The van der Waals surface area contributed by atoms with Gasteiger partial charge in [0.25, 0.3) is 0 Å². The van der Waals surface area contributed by atoms with Gasteiger partial charge in [0.15, 0.2) is 0 Å². The molecule has 1 saturated carbocycles. The summed E-state index contributed by atoms with van der Waals surface area (Å²) in [4.78, 5) is 13.2. The third-order valence-electron chi connectivity index (χ3n) is 7.24. The van der Waals surface area contributed by atoms with Crippen molar-refractivity contribution in [1.29, 1.82) is 0 Å². The van der Waals surface area contributed by atoms with Crippen LogP contribution >= 0.6 is 0 Å². The number of benzene rings is 2. The maximum absolute atomic E-state index is 13.1. The van der Waals surface area contributed by atoms with Gasteiger partial charge in [0.2, 0.25) is 15.9 Å². The third kappa shape index (κ3) is 4.94. The largest absolute Gasteiger partial charge is 0.490 e. The average Bonchev–Trinajstić information content (AvgIpc) is 3.51. The molecule has 3 aliphatic rings. The van der Waals surface area contributed by atoms with Crippen molar-refractivity contribution in [2.75, 3.05) is 18.4 Å². The summed E-state index contributed by atoms with van der Waals surface area (Å²) < 4.78 is 33.9. The Labute approximate surface area is 196 Å². The van der Waals surface area contributed by atoms with E-state index < -0.39 is 10.0 Å². The number of sulfonamides is 1. The molecular weight excluding hydrogens is 436 g/mol. The summed E-state index contributed by atoms with van der Waals surface area (Å²) in [5.74, 6) is 0.536. The molecule has 176 valence electrons. The van der Waals surface area contributed by atoms with Gasteiger partial charge in [-0.15, -0.1) is 0 Å². The van der Waals surface area contributed by atoms with E-state index in [9.17, 15) is 13.2 Å². The van der Waals surface area contributed by atoms with Crippen LogP contribution < -0.4 is 10.1 Å². The predicted molar refractivity (Wildman–Crippen MR) is 128 cm³/mol. The number of hydrogen-bond acceptors (Lipinski definition) is 4. The van der Waals surface area contributed by atoms with Crippen molar-refractivity contribution in [1.82, 2.24) is 4.31 Å². The first kappa shape index (κ1) is 22.4. The molecule has 2 fully saturated rings. The highest BCUT2D eigenvalue weighted by atomic mass is 32.2. The van der Waals surface area contributed by atoms with Crippen LogP contribution in [0.4, 0.5) is 5.69 Å². The number of carbonyl (C=O) groups is 1. The van der Waals surface area contributed by atoms with Crippen LogP contribution in [0.3, 0.4) is 0 Å². The molecule has 0 unspecified atom stereocenters. The van der Waals surface area contributed by atoms with E-state index in [2.05, 4.69) is 5.32 Å². The minimum atomic E-state index is -3.52. The molecule has 0 radical (unpaired) electrons. The lowest BCUT2D eigenvalue weighted by Gasteiger charge is -2.30. The second-order valence-electron chi connectivity index (χ2n) is 9.50. The number of nitrogens with zero attached hydrogens (tertiary/aromatic N) is 1. The normalized spacial score (nSPS) is 20.0. The van der Waals surface area contributed by atoms with Crippen LogP contribution in [0.5, 0.6) is 5.75 Å². The lowest BCUT2D eigenvalue weighted by atomic mass is 9.97. The van der Waals surface area contributed by atoms with E-state index in [-0.39, 0.29) is 17.9 Å². The number of aryl methyl sites for hydroxylation is 2. The van der Waals surface area contributed by atoms with Gasteiger partial charge in [0, 0.05) is 30.8 Å². The fourth-order valence-corrected chi connectivity index (χ4v) is 6.83. The number of ether oxygens (including phenoxy) is 1. The Bertz CT molecular complexity index is 1120. The van der Waals surface area contributed by atoms with Crippen molar-refractivity contribution in [2.45, 2.75) is 68.8 Å². The monoisotopic (exact) mass is 468 g/mol. The van der Waals surface area contributed by atoms with Crippen molar-refractivity contribution < 1.29 is 17.9 Å². The topological polar surface area (TPSA) is 75.7 Å². The Balaban J connectivity index is 1.17. The summed E-state index contributed by atoms with van der Waals surface area (Å²) in [5, 5.41) is 3.00. The molecule has 5 rings (SSSR count). The van der Waals surface area contributed by atoms with Gasteiger partial charge in [-0.1, -0.05) is 12.1 Å². The molecule has 1 aliphatic heterocycles. The molecule has 1 saturated heterocycles. The summed E-state index contributed by atoms with van der Waals surface area (Å²) in [7, 11) is -3.52. The van der Waals surface area contributed by atoms with E-state index in [4.69, 9.17) is 4.74 Å². The fourth-order valence-electron chi connectivity index (χ4n) is 5.31. The number of anilines is 1. The summed E-state index contributed by atoms with van der Waals surface area (Å²) >= 11 is 0. The first-order valence-electron chi connectivity index (χ1n) is 12.2. The Kier molecular flexibility index (Phi) is 6.43. The number of piperidine rings is 1. The van der Waals surface area contributed by atoms with Crippen LogP contribution in [-0.4, -0.2) is 37.8 Å². The molecule has 0 bridgehead atoms. The maximum Gasteiger partial charge on any atom is 0.243 e. The van der Waals surface area contributed by atoms with Gasteiger partial charge in [0.05, 0.1) is 11.0 Å². The van der Waals surface area contributed by atoms with E-state index in [1.807, 2.05) is 36.4 Å². The maximum atomic E-state index is 13.1. The van der Waals surface area contributed by atoms with Crippen LogP contribution in [0.2, 0.25) is 0 Å². The van der Waals surface area contributed by atoms with Gasteiger partial charge in [-0.05, 0) is 93.2 Å². The van der Waals surface area contributed by atoms with E-state index in [0.717, 1.165) is 49.1 Å². The zero-order valence-electron chi connectivity index (χ0n) is 19.0. The molecule has 1 heterocycles. The van der Waals surface area contributed by atoms with Gasteiger partial charge in [-0.2, -0.15) is 4.31 Å². The molecular formula is C26H32N2O4S. The highest BCUT2D eigenvalue weighted by Gasteiger charge is 2.32. The van der Waals surface area contributed by atoms with Gasteiger partial charge in [-0.25, -0.2) is 8.42 Å². The Morgan fingerprint density at radius 1 is 0.909 bits per heavy atom. The summed E-state index contributed by atoms with van der Waals surface area (Å²) in [6.45, 7) is 0.727. The highest BCUT2D eigenvalue weighted by Crippen LogP contribution is 2.30. The molecule has 2 aromatic carbocycles. The molecule has 1 N–H and O–H groups in total. The standard InChI is InChI=1S/C26H32N2O4S/c29-26(27-22-7-4-10-24(18-22)32-23-8-1-2-9-23)20-13-15-28(16-14-20)33(30,31)25-12-11-19-5-3-6-21(19)17-25/h4,7,10-12,17-18,20,23H,1-3,5-6,8-9,13-16H2,(H,27,29). The van der Waals surface area contributed by atoms with Gasteiger partial charge >= 0.3 is 0 Å². The van der Waals surface area contributed by atoms with E-state index in [1.165, 1.54) is 22.7 Å². The first-order valence-corrected chi connectivity index (χ1v) is 13.6. The van der Waals surface area contributed by atoms with Crippen LogP contribution in [0.25, 0.3) is 0 Å². The van der Waals surface area contributed by atoms with Gasteiger partial charge < -0.3 is 10.1 Å². The minimum Gasteiger partial charge on any atom is -0.490 e.